The lowest BCUT2D eigenvalue weighted by atomic mass is 10.2. The van der Waals surface area contributed by atoms with Gasteiger partial charge in [0.1, 0.15) is 5.76 Å². The third-order valence-electron chi connectivity index (χ3n) is 6.01. The predicted molar refractivity (Wildman–Crippen MR) is 139 cm³/mol. The highest BCUT2D eigenvalue weighted by molar-refractivity contribution is 14.0. The summed E-state index contributed by atoms with van der Waals surface area (Å²) >= 11 is 0. The zero-order valence-corrected chi connectivity index (χ0v) is 21.4. The number of nitrogens with zero attached hydrogens (tertiary/aromatic N) is 4. The summed E-state index contributed by atoms with van der Waals surface area (Å²) in [5, 5.41) is 11.7. The Morgan fingerprint density at radius 1 is 1.09 bits per heavy atom. The zero-order valence-electron chi connectivity index (χ0n) is 19.0. The number of para-hydroxylation sites is 1. The Labute approximate surface area is 207 Å². The SMILES string of the molecule is CN=C(NCc1c(C)nn(-c2ccccc2)c1C)NCC(c1ccco1)N1CCCC1.I. The summed E-state index contributed by atoms with van der Waals surface area (Å²) in [7, 11) is 1.81. The van der Waals surface area contributed by atoms with Gasteiger partial charge in [0.05, 0.1) is 23.7 Å². The Morgan fingerprint density at radius 2 is 1.84 bits per heavy atom. The molecule has 0 bridgehead atoms. The third kappa shape index (κ3) is 5.53. The maximum Gasteiger partial charge on any atom is 0.191 e. The van der Waals surface area contributed by atoms with Crippen LogP contribution in [0.4, 0.5) is 0 Å². The summed E-state index contributed by atoms with van der Waals surface area (Å²) in [4.78, 5) is 6.91. The summed E-state index contributed by atoms with van der Waals surface area (Å²) in [6.45, 7) is 7.79. The Kier molecular flexibility index (Phi) is 8.75. The average Bonchev–Trinajstić information content (AvgIpc) is 3.55. The van der Waals surface area contributed by atoms with Crippen LogP contribution in [0.15, 0.2) is 58.1 Å². The van der Waals surface area contributed by atoms with Gasteiger partial charge < -0.3 is 15.1 Å². The minimum atomic E-state index is 0. The largest absolute Gasteiger partial charge is 0.468 e. The van der Waals surface area contributed by atoms with Gasteiger partial charge >= 0.3 is 0 Å². The van der Waals surface area contributed by atoms with E-state index in [9.17, 15) is 0 Å². The molecule has 8 heteroatoms. The molecule has 3 aromatic rings. The quantitative estimate of drug-likeness (QED) is 0.263. The molecule has 1 aromatic carbocycles. The van der Waals surface area contributed by atoms with E-state index < -0.39 is 0 Å². The van der Waals surface area contributed by atoms with Crippen LogP contribution in [0.1, 0.15) is 41.6 Å². The van der Waals surface area contributed by atoms with Gasteiger partial charge in [0.15, 0.2) is 5.96 Å². The van der Waals surface area contributed by atoms with Gasteiger partial charge in [-0.15, -0.1) is 24.0 Å². The first-order valence-electron chi connectivity index (χ1n) is 11.0. The van der Waals surface area contributed by atoms with E-state index in [0.717, 1.165) is 48.4 Å². The average molecular weight is 548 g/mol. The van der Waals surface area contributed by atoms with Crippen LogP contribution in [0.5, 0.6) is 0 Å². The Bertz CT molecular complexity index is 993. The number of furan rings is 1. The van der Waals surface area contributed by atoms with Crippen molar-refractivity contribution >= 4 is 29.9 Å². The van der Waals surface area contributed by atoms with Crippen molar-refractivity contribution in [3.05, 3.63) is 71.4 Å². The molecule has 0 radical (unpaired) electrons. The summed E-state index contributed by atoms with van der Waals surface area (Å²) in [6, 6.07) is 14.5. The van der Waals surface area contributed by atoms with Crippen LogP contribution >= 0.6 is 24.0 Å². The predicted octanol–water partition coefficient (Wildman–Crippen LogP) is 4.20. The number of rotatable bonds is 7. The van der Waals surface area contributed by atoms with E-state index in [1.165, 1.54) is 18.4 Å². The molecule has 32 heavy (non-hydrogen) atoms. The first-order chi connectivity index (χ1) is 15.2. The number of aliphatic imine (C=N–C) groups is 1. The van der Waals surface area contributed by atoms with E-state index in [1.807, 2.05) is 28.9 Å². The molecule has 1 aliphatic heterocycles. The number of nitrogens with one attached hydrogen (secondary N) is 2. The fourth-order valence-corrected chi connectivity index (χ4v) is 4.28. The van der Waals surface area contributed by atoms with Crippen LogP contribution < -0.4 is 10.6 Å². The normalized spacial score (nSPS) is 15.4. The number of halogens is 1. The van der Waals surface area contributed by atoms with E-state index in [-0.39, 0.29) is 30.0 Å². The molecule has 1 aliphatic rings. The number of aromatic nitrogens is 2. The maximum atomic E-state index is 5.73. The van der Waals surface area contributed by atoms with E-state index in [1.54, 1.807) is 13.3 Å². The number of aryl methyl sites for hydroxylation is 1. The molecule has 172 valence electrons. The number of likely N-dealkylation sites (tertiary alicyclic amines) is 1. The molecular weight excluding hydrogens is 515 g/mol. The molecule has 1 saturated heterocycles. The summed E-state index contributed by atoms with van der Waals surface area (Å²) in [5.74, 6) is 1.78. The van der Waals surface area contributed by atoms with Gasteiger partial charge in [0.2, 0.25) is 0 Å². The van der Waals surface area contributed by atoms with E-state index in [4.69, 9.17) is 9.52 Å². The molecule has 0 spiro atoms. The van der Waals surface area contributed by atoms with E-state index >= 15 is 0 Å². The highest BCUT2D eigenvalue weighted by atomic mass is 127. The van der Waals surface area contributed by atoms with E-state index in [0.29, 0.717) is 6.54 Å². The number of benzene rings is 1. The number of guanidine groups is 1. The minimum absolute atomic E-state index is 0. The number of hydrogen-bond acceptors (Lipinski definition) is 4. The fourth-order valence-electron chi connectivity index (χ4n) is 4.28. The Hall–Kier alpha value is -2.33. The van der Waals surface area contributed by atoms with Crippen molar-refractivity contribution in [1.29, 1.82) is 0 Å². The lowest BCUT2D eigenvalue weighted by Crippen LogP contribution is -2.42. The smallest absolute Gasteiger partial charge is 0.191 e. The van der Waals surface area contributed by atoms with Gasteiger partial charge in [-0.3, -0.25) is 9.89 Å². The molecule has 2 aromatic heterocycles. The number of hydrogen-bond donors (Lipinski definition) is 2. The van der Waals surface area contributed by atoms with Gasteiger partial charge in [-0.05, 0) is 64.0 Å². The first-order valence-corrected chi connectivity index (χ1v) is 11.0. The van der Waals surface area contributed by atoms with Crippen molar-refractivity contribution in [1.82, 2.24) is 25.3 Å². The third-order valence-corrected chi connectivity index (χ3v) is 6.01. The molecule has 1 unspecified atom stereocenters. The van der Waals surface area contributed by atoms with Crippen LogP contribution in [0.3, 0.4) is 0 Å². The van der Waals surface area contributed by atoms with E-state index in [2.05, 4.69) is 52.6 Å². The first kappa shape index (κ1) is 24.3. The molecule has 7 nitrogen and oxygen atoms in total. The van der Waals surface area contributed by atoms with Crippen molar-refractivity contribution in [3.8, 4) is 5.69 Å². The molecule has 4 rings (SSSR count). The summed E-state index contributed by atoms with van der Waals surface area (Å²) < 4.78 is 7.73. The second kappa shape index (κ2) is 11.5. The standard InChI is InChI=1S/C24H32N6O.HI/c1-18-21(19(2)30(28-18)20-10-5-4-6-11-20)16-26-24(25-3)27-17-22(23-12-9-15-31-23)29-13-7-8-14-29;/h4-6,9-12,15,22H,7-8,13-14,16-17H2,1-3H3,(H2,25,26,27);1H. The van der Waals surface area contributed by atoms with Gasteiger partial charge in [0.25, 0.3) is 0 Å². The van der Waals surface area contributed by atoms with Gasteiger partial charge in [-0.25, -0.2) is 4.68 Å². The van der Waals surface area contributed by atoms with Crippen LogP contribution in [0, 0.1) is 13.8 Å². The molecule has 2 N–H and O–H groups in total. The van der Waals surface area contributed by atoms with Crippen molar-refractivity contribution < 1.29 is 4.42 Å². The summed E-state index contributed by atoms with van der Waals surface area (Å²) in [6.07, 6.45) is 4.24. The van der Waals surface area contributed by atoms with Crippen LogP contribution in [-0.2, 0) is 6.54 Å². The Morgan fingerprint density at radius 3 is 2.50 bits per heavy atom. The lowest BCUT2D eigenvalue weighted by molar-refractivity contribution is 0.215. The molecule has 0 aliphatic carbocycles. The Balaban J connectivity index is 0.00000289. The van der Waals surface area contributed by atoms with Crippen LogP contribution in [0.2, 0.25) is 0 Å². The van der Waals surface area contributed by atoms with Crippen LogP contribution in [-0.4, -0.2) is 47.3 Å². The second-order valence-corrected chi connectivity index (χ2v) is 7.98. The topological polar surface area (TPSA) is 70.6 Å². The van der Waals surface area contributed by atoms with Crippen molar-refractivity contribution in [2.75, 3.05) is 26.7 Å². The monoisotopic (exact) mass is 548 g/mol. The maximum absolute atomic E-state index is 5.73. The van der Waals surface area contributed by atoms with Crippen molar-refractivity contribution in [3.63, 3.8) is 0 Å². The molecule has 0 amide bonds. The zero-order chi connectivity index (χ0) is 21.6. The van der Waals surface area contributed by atoms with Crippen molar-refractivity contribution in [2.24, 2.45) is 4.99 Å². The highest BCUT2D eigenvalue weighted by Crippen LogP contribution is 2.25. The lowest BCUT2D eigenvalue weighted by Gasteiger charge is -2.26. The van der Waals surface area contributed by atoms with Crippen LogP contribution in [0.25, 0.3) is 5.69 Å². The van der Waals surface area contributed by atoms with Gasteiger partial charge in [0, 0.05) is 31.4 Å². The highest BCUT2D eigenvalue weighted by Gasteiger charge is 2.25. The second-order valence-electron chi connectivity index (χ2n) is 7.98. The molecule has 1 atom stereocenters. The van der Waals surface area contributed by atoms with Crippen molar-refractivity contribution in [2.45, 2.75) is 39.3 Å². The van der Waals surface area contributed by atoms with Gasteiger partial charge in [-0.2, -0.15) is 5.10 Å². The molecular formula is C24H33IN6O. The molecule has 3 heterocycles. The van der Waals surface area contributed by atoms with Gasteiger partial charge in [-0.1, -0.05) is 18.2 Å². The molecule has 1 fully saturated rings. The fraction of sp³-hybridized carbons (Fsp3) is 0.417. The summed E-state index contributed by atoms with van der Waals surface area (Å²) in [5.41, 5.74) is 4.42. The molecule has 0 saturated carbocycles. The minimum Gasteiger partial charge on any atom is -0.468 e.